The number of Topliss-reactive ketones (excluding diaryl/α,β-unsaturated/α-hetero) is 1. The molecule has 0 bridgehead atoms. The molecule has 0 saturated heterocycles. The summed E-state index contributed by atoms with van der Waals surface area (Å²) in [6, 6.07) is 9.47. The molecule has 80 valence electrons. The first kappa shape index (κ1) is 10.4. The fourth-order valence-electron chi connectivity index (χ4n) is 2.23. The van der Waals surface area contributed by atoms with Gasteiger partial charge in [0, 0.05) is 12.3 Å². The standard InChI is InChI=1S/C13H16O2/c14-12-9-5-4-8-11(12)13(15)10-6-2-1-3-7-10/h1-3,6-7,11,13,15H,4-5,8-9H2/t11-,13+/m1/s1. The number of aliphatic hydroxyl groups is 1. The van der Waals surface area contributed by atoms with Crippen molar-refractivity contribution in [2.75, 3.05) is 0 Å². The predicted octanol–water partition coefficient (Wildman–Crippen LogP) is 2.48. The van der Waals surface area contributed by atoms with E-state index in [1.165, 1.54) is 0 Å². The second kappa shape index (κ2) is 4.58. The Kier molecular flexibility index (Phi) is 3.17. The van der Waals surface area contributed by atoms with Gasteiger partial charge in [-0.15, -0.1) is 0 Å². The molecule has 1 aliphatic rings. The Labute approximate surface area is 89.9 Å². The number of benzene rings is 1. The number of ketones is 1. The number of aliphatic hydroxyl groups excluding tert-OH is 1. The topological polar surface area (TPSA) is 37.3 Å². The Balaban J connectivity index is 2.13. The van der Waals surface area contributed by atoms with Crippen molar-refractivity contribution in [3.05, 3.63) is 35.9 Å². The summed E-state index contributed by atoms with van der Waals surface area (Å²) >= 11 is 0. The molecule has 0 amide bonds. The predicted molar refractivity (Wildman–Crippen MR) is 58.4 cm³/mol. The average molecular weight is 204 g/mol. The van der Waals surface area contributed by atoms with Crippen LogP contribution in [0.1, 0.15) is 37.4 Å². The number of carbonyl (C=O) groups excluding carboxylic acids is 1. The summed E-state index contributed by atoms with van der Waals surface area (Å²) < 4.78 is 0. The SMILES string of the molecule is O=C1CCCC[C@H]1[C@@H](O)c1ccccc1. The molecule has 15 heavy (non-hydrogen) atoms. The van der Waals surface area contributed by atoms with Gasteiger partial charge in [-0.05, 0) is 18.4 Å². The molecule has 1 saturated carbocycles. The Hall–Kier alpha value is -1.15. The van der Waals surface area contributed by atoms with Gasteiger partial charge in [-0.2, -0.15) is 0 Å². The van der Waals surface area contributed by atoms with Crippen molar-refractivity contribution in [1.29, 1.82) is 0 Å². The fraction of sp³-hybridized carbons (Fsp3) is 0.462. The van der Waals surface area contributed by atoms with Gasteiger partial charge in [-0.3, -0.25) is 4.79 Å². The molecule has 0 spiro atoms. The summed E-state index contributed by atoms with van der Waals surface area (Å²) in [5.74, 6) is 0.0405. The normalized spacial score (nSPS) is 23.8. The van der Waals surface area contributed by atoms with E-state index in [0.29, 0.717) is 6.42 Å². The quantitative estimate of drug-likeness (QED) is 0.803. The highest BCUT2D eigenvalue weighted by Gasteiger charge is 2.29. The summed E-state index contributed by atoms with van der Waals surface area (Å²) in [4.78, 5) is 11.6. The Morgan fingerprint density at radius 3 is 2.60 bits per heavy atom. The zero-order valence-corrected chi connectivity index (χ0v) is 8.73. The molecule has 1 aliphatic carbocycles. The summed E-state index contributed by atoms with van der Waals surface area (Å²) in [6.07, 6.45) is 2.89. The highest BCUT2D eigenvalue weighted by Crippen LogP contribution is 2.31. The summed E-state index contributed by atoms with van der Waals surface area (Å²) in [5.41, 5.74) is 0.859. The maximum Gasteiger partial charge on any atom is 0.138 e. The van der Waals surface area contributed by atoms with Gasteiger partial charge >= 0.3 is 0 Å². The zero-order chi connectivity index (χ0) is 10.7. The first-order chi connectivity index (χ1) is 7.29. The molecule has 1 N–H and O–H groups in total. The van der Waals surface area contributed by atoms with Gasteiger partial charge < -0.3 is 5.11 Å². The van der Waals surface area contributed by atoms with Gasteiger partial charge in [-0.25, -0.2) is 0 Å². The van der Waals surface area contributed by atoms with E-state index in [1.807, 2.05) is 30.3 Å². The van der Waals surface area contributed by atoms with Crippen molar-refractivity contribution in [3.8, 4) is 0 Å². The molecule has 0 radical (unpaired) electrons. The van der Waals surface area contributed by atoms with Crippen LogP contribution in [0, 0.1) is 5.92 Å². The molecule has 2 atom stereocenters. The van der Waals surface area contributed by atoms with Crippen LogP contribution in [0.4, 0.5) is 0 Å². The highest BCUT2D eigenvalue weighted by molar-refractivity contribution is 5.82. The Morgan fingerprint density at radius 2 is 1.93 bits per heavy atom. The van der Waals surface area contributed by atoms with E-state index >= 15 is 0 Å². The van der Waals surface area contributed by atoms with E-state index in [0.717, 1.165) is 24.8 Å². The largest absolute Gasteiger partial charge is 0.388 e. The van der Waals surface area contributed by atoms with Crippen LogP contribution in [0.15, 0.2) is 30.3 Å². The van der Waals surface area contributed by atoms with E-state index in [2.05, 4.69) is 0 Å². The second-order valence-corrected chi connectivity index (χ2v) is 4.17. The number of carbonyl (C=O) groups is 1. The van der Waals surface area contributed by atoms with Crippen molar-refractivity contribution >= 4 is 5.78 Å². The van der Waals surface area contributed by atoms with Crippen LogP contribution < -0.4 is 0 Å². The summed E-state index contributed by atoms with van der Waals surface area (Å²) in [6.45, 7) is 0. The Morgan fingerprint density at radius 1 is 1.20 bits per heavy atom. The first-order valence-electron chi connectivity index (χ1n) is 5.55. The lowest BCUT2D eigenvalue weighted by atomic mass is 9.82. The summed E-state index contributed by atoms with van der Waals surface area (Å²) in [7, 11) is 0. The third-order valence-corrected chi connectivity index (χ3v) is 3.12. The van der Waals surface area contributed by atoms with Gasteiger partial charge in [0.25, 0.3) is 0 Å². The average Bonchev–Trinajstić information content (AvgIpc) is 2.30. The van der Waals surface area contributed by atoms with Crippen LogP contribution in [0.5, 0.6) is 0 Å². The van der Waals surface area contributed by atoms with Gasteiger partial charge in [0.2, 0.25) is 0 Å². The Bertz CT molecular complexity index is 332. The number of hydrogen-bond donors (Lipinski definition) is 1. The molecule has 0 aromatic heterocycles. The molecule has 2 rings (SSSR count). The lowest BCUT2D eigenvalue weighted by molar-refractivity contribution is -0.128. The maximum atomic E-state index is 11.6. The summed E-state index contributed by atoms with van der Waals surface area (Å²) in [5, 5.41) is 10.1. The maximum absolute atomic E-state index is 11.6. The molecule has 0 unspecified atom stereocenters. The third kappa shape index (κ3) is 2.26. The van der Waals surface area contributed by atoms with Crippen LogP contribution in [-0.2, 0) is 4.79 Å². The molecule has 2 heteroatoms. The monoisotopic (exact) mass is 204 g/mol. The number of rotatable bonds is 2. The molecule has 1 aromatic carbocycles. The third-order valence-electron chi connectivity index (χ3n) is 3.12. The molecule has 1 fully saturated rings. The van der Waals surface area contributed by atoms with Crippen molar-refractivity contribution in [3.63, 3.8) is 0 Å². The van der Waals surface area contributed by atoms with E-state index < -0.39 is 6.10 Å². The van der Waals surface area contributed by atoms with Gasteiger partial charge in [0.15, 0.2) is 0 Å². The molecular weight excluding hydrogens is 188 g/mol. The minimum atomic E-state index is -0.612. The molecule has 0 heterocycles. The van der Waals surface area contributed by atoms with E-state index in [4.69, 9.17) is 0 Å². The molecule has 2 nitrogen and oxygen atoms in total. The molecule has 1 aromatic rings. The van der Waals surface area contributed by atoms with E-state index in [1.54, 1.807) is 0 Å². The lowest BCUT2D eigenvalue weighted by Gasteiger charge is -2.25. The minimum absolute atomic E-state index is 0.179. The van der Waals surface area contributed by atoms with Crippen molar-refractivity contribution in [2.45, 2.75) is 31.8 Å². The smallest absolute Gasteiger partial charge is 0.138 e. The number of hydrogen-bond acceptors (Lipinski definition) is 2. The highest BCUT2D eigenvalue weighted by atomic mass is 16.3. The van der Waals surface area contributed by atoms with Crippen LogP contribution in [-0.4, -0.2) is 10.9 Å². The molecular formula is C13H16O2. The lowest BCUT2D eigenvalue weighted by Crippen LogP contribution is -2.25. The van der Waals surface area contributed by atoms with Crippen LogP contribution in [0.3, 0.4) is 0 Å². The fourth-order valence-corrected chi connectivity index (χ4v) is 2.23. The van der Waals surface area contributed by atoms with E-state index in [9.17, 15) is 9.90 Å². The van der Waals surface area contributed by atoms with Crippen LogP contribution in [0.2, 0.25) is 0 Å². The van der Waals surface area contributed by atoms with Gasteiger partial charge in [0.1, 0.15) is 5.78 Å². The van der Waals surface area contributed by atoms with Crippen LogP contribution in [0.25, 0.3) is 0 Å². The van der Waals surface area contributed by atoms with Gasteiger partial charge in [-0.1, -0.05) is 36.8 Å². The van der Waals surface area contributed by atoms with Crippen LogP contribution >= 0.6 is 0 Å². The van der Waals surface area contributed by atoms with E-state index in [-0.39, 0.29) is 11.7 Å². The van der Waals surface area contributed by atoms with Gasteiger partial charge in [0.05, 0.1) is 6.10 Å². The van der Waals surface area contributed by atoms with Crippen molar-refractivity contribution < 1.29 is 9.90 Å². The minimum Gasteiger partial charge on any atom is -0.388 e. The zero-order valence-electron chi connectivity index (χ0n) is 8.73. The van der Waals surface area contributed by atoms with Crippen molar-refractivity contribution in [2.24, 2.45) is 5.92 Å². The molecule has 0 aliphatic heterocycles. The second-order valence-electron chi connectivity index (χ2n) is 4.17. The van der Waals surface area contributed by atoms with Crippen molar-refractivity contribution in [1.82, 2.24) is 0 Å². The first-order valence-corrected chi connectivity index (χ1v) is 5.55.